The Hall–Kier alpha value is -1.74. The van der Waals surface area contributed by atoms with E-state index in [1.165, 1.54) is 4.90 Å². The van der Waals surface area contributed by atoms with Crippen molar-refractivity contribution in [2.24, 2.45) is 0 Å². The van der Waals surface area contributed by atoms with Crippen molar-refractivity contribution in [3.8, 4) is 11.8 Å². The topological polar surface area (TPSA) is 78.9 Å². The third-order valence-corrected chi connectivity index (χ3v) is 2.79. The standard InChI is InChI=1S/C14H22N2O4/c1-5-6-12(18)15-10-7-8-16(9-11(10)17)13(19)20-14(2,3)4/h10-11,17H,7-9H2,1-4H3,(H,15,18). The molecular formula is C14H22N2O4. The van der Waals surface area contributed by atoms with E-state index in [4.69, 9.17) is 4.74 Å². The highest BCUT2D eigenvalue weighted by molar-refractivity contribution is 5.93. The molecule has 0 radical (unpaired) electrons. The molecule has 1 aliphatic rings. The second-order valence-corrected chi connectivity index (χ2v) is 5.74. The summed E-state index contributed by atoms with van der Waals surface area (Å²) in [6.45, 7) is 7.50. The molecule has 0 saturated carbocycles. The van der Waals surface area contributed by atoms with Crippen molar-refractivity contribution in [1.29, 1.82) is 0 Å². The molecule has 0 aromatic rings. The maximum atomic E-state index is 11.9. The lowest BCUT2D eigenvalue weighted by Crippen LogP contribution is -2.55. The Morgan fingerprint density at radius 1 is 1.40 bits per heavy atom. The van der Waals surface area contributed by atoms with Crippen molar-refractivity contribution in [3.63, 3.8) is 0 Å². The van der Waals surface area contributed by atoms with Crippen LogP contribution in [0.4, 0.5) is 4.79 Å². The number of amides is 2. The van der Waals surface area contributed by atoms with Crippen LogP contribution in [-0.4, -0.2) is 52.8 Å². The number of β-amino-alcohol motifs (C(OH)–C–C–N with tert-alkyl or cyclic N) is 1. The van der Waals surface area contributed by atoms with Crippen LogP contribution in [0, 0.1) is 11.8 Å². The van der Waals surface area contributed by atoms with E-state index in [1.54, 1.807) is 27.7 Å². The first kappa shape index (κ1) is 16.3. The number of nitrogens with one attached hydrogen (secondary N) is 1. The van der Waals surface area contributed by atoms with Crippen LogP contribution in [0.15, 0.2) is 0 Å². The van der Waals surface area contributed by atoms with Crippen LogP contribution < -0.4 is 5.32 Å². The number of piperidine rings is 1. The van der Waals surface area contributed by atoms with Crippen molar-refractivity contribution >= 4 is 12.0 Å². The van der Waals surface area contributed by atoms with Crippen molar-refractivity contribution in [3.05, 3.63) is 0 Å². The van der Waals surface area contributed by atoms with Gasteiger partial charge >= 0.3 is 6.09 Å². The summed E-state index contributed by atoms with van der Waals surface area (Å²) in [5.41, 5.74) is -0.566. The molecule has 20 heavy (non-hydrogen) atoms. The number of ether oxygens (including phenoxy) is 1. The molecule has 0 bridgehead atoms. The number of aliphatic hydroxyl groups excluding tert-OH is 1. The monoisotopic (exact) mass is 282 g/mol. The third-order valence-electron chi connectivity index (χ3n) is 2.79. The number of hydrogen-bond acceptors (Lipinski definition) is 4. The maximum absolute atomic E-state index is 11.9. The van der Waals surface area contributed by atoms with Gasteiger partial charge in [-0.2, -0.15) is 0 Å². The summed E-state index contributed by atoms with van der Waals surface area (Å²) >= 11 is 0. The molecule has 2 amide bonds. The zero-order valence-electron chi connectivity index (χ0n) is 12.4. The number of rotatable bonds is 1. The normalized spacial score (nSPS) is 22.6. The smallest absolute Gasteiger partial charge is 0.410 e. The molecule has 1 fully saturated rings. The lowest BCUT2D eigenvalue weighted by Gasteiger charge is -2.36. The van der Waals surface area contributed by atoms with Gasteiger partial charge < -0.3 is 20.1 Å². The van der Waals surface area contributed by atoms with E-state index in [9.17, 15) is 14.7 Å². The van der Waals surface area contributed by atoms with Crippen LogP contribution in [0.1, 0.15) is 34.1 Å². The molecule has 2 N–H and O–H groups in total. The molecule has 112 valence electrons. The van der Waals surface area contributed by atoms with Crippen molar-refractivity contribution in [2.45, 2.75) is 51.9 Å². The minimum Gasteiger partial charge on any atom is -0.444 e. The molecule has 1 saturated heterocycles. The van der Waals surface area contributed by atoms with Gasteiger partial charge in [-0.15, -0.1) is 0 Å². The molecule has 1 rings (SSSR count). The van der Waals surface area contributed by atoms with Crippen molar-refractivity contribution in [2.75, 3.05) is 13.1 Å². The first-order chi connectivity index (χ1) is 9.23. The van der Waals surface area contributed by atoms with E-state index in [2.05, 4.69) is 17.2 Å². The fourth-order valence-corrected chi connectivity index (χ4v) is 1.91. The van der Waals surface area contributed by atoms with Gasteiger partial charge in [0.1, 0.15) is 5.60 Å². The van der Waals surface area contributed by atoms with Gasteiger partial charge in [0.15, 0.2) is 0 Å². The van der Waals surface area contributed by atoms with Gasteiger partial charge in [0.25, 0.3) is 5.91 Å². The quantitative estimate of drug-likeness (QED) is 0.686. The van der Waals surface area contributed by atoms with E-state index >= 15 is 0 Å². The maximum Gasteiger partial charge on any atom is 0.410 e. The molecular weight excluding hydrogens is 260 g/mol. The van der Waals surface area contributed by atoms with Crippen LogP contribution in [0.2, 0.25) is 0 Å². The summed E-state index contributed by atoms with van der Waals surface area (Å²) < 4.78 is 5.25. The minimum absolute atomic E-state index is 0.138. The Morgan fingerprint density at radius 2 is 2.05 bits per heavy atom. The van der Waals surface area contributed by atoms with Gasteiger partial charge in [0.2, 0.25) is 0 Å². The third kappa shape index (κ3) is 5.10. The number of nitrogens with zero attached hydrogens (tertiary/aromatic N) is 1. The summed E-state index contributed by atoms with van der Waals surface area (Å²) in [6.07, 6.45) is -0.800. The highest BCUT2D eigenvalue weighted by atomic mass is 16.6. The second-order valence-electron chi connectivity index (χ2n) is 5.74. The first-order valence-corrected chi connectivity index (χ1v) is 6.62. The number of hydrogen-bond donors (Lipinski definition) is 2. The first-order valence-electron chi connectivity index (χ1n) is 6.62. The summed E-state index contributed by atoms with van der Waals surface area (Å²) in [5.74, 6) is 4.44. The molecule has 0 aromatic carbocycles. The van der Waals surface area contributed by atoms with Gasteiger partial charge in [0.05, 0.1) is 18.7 Å². The highest BCUT2D eigenvalue weighted by Gasteiger charge is 2.32. The van der Waals surface area contributed by atoms with Gasteiger partial charge in [-0.1, -0.05) is 5.92 Å². The summed E-state index contributed by atoms with van der Waals surface area (Å²) in [5, 5.41) is 12.6. The van der Waals surface area contributed by atoms with Gasteiger partial charge in [-0.25, -0.2) is 4.79 Å². The van der Waals surface area contributed by atoms with Crippen LogP contribution in [0.25, 0.3) is 0 Å². The van der Waals surface area contributed by atoms with Crippen LogP contribution in [0.3, 0.4) is 0 Å². The number of carbonyl (C=O) groups is 2. The van der Waals surface area contributed by atoms with Crippen molar-refractivity contribution < 1.29 is 19.4 Å². The lowest BCUT2D eigenvalue weighted by atomic mass is 10.0. The zero-order chi connectivity index (χ0) is 15.3. The highest BCUT2D eigenvalue weighted by Crippen LogP contribution is 2.15. The second kappa shape index (κ2) is 6.62. The molecule has 2 unspecified atom stereocenters. The predicted octanol–water partition coefficient (Wildman–Crippen LogP) is 0.496. The number of carbonyl (C=O) groups excluding carboxylic acids is 2. The molecule has 1 aliphatic heterocycles. The van der Waals surface area contributed by atoms with Crippen molar-refractivity contribution in [1.82, 2.24) is 10.2 Å². The van der Waals surface area contributed by atoms with Gasteiger partial charge in [-0.05, 0) is 40.0 Å². The predicted molar refractivity (Wildman–Crippen MR) is 73.8 cm³/mol. The molecule has 0 spiro atoms. The van der Waals surface area contributed by atoms with E-state index in [-0.39, 0.29) is 12.6 Å². The molecule has 1 heterocycles. The number of likely N-dealkylation sites (tertiary alicyclic amines) is 1. The Kier molecular flexibility index (Phi) is 5.40. The zero-order valence-corrected chi connectivity index (χ0v) is 12.4. The average molecular weight is 282 g/mol. The molecule has 2 atom stereocenters. The molecule has 0 aromatic heterocycles. The molecule has 0 aliphatic carbocycles. The van der Waals surface area contributed by atoms with E-state index < -0.39 is 23.7 Å². The summed E-state index contributed by atoms with van der Waals surface area (Å²) in [6, 6.07) is -0.387. The van der Waals surface area contributed by atoms with Crippen LogP contribution in [-0.2, 0) is 9.53 Å². The Balaban J connectivity index is 2.52. The van der Waals surface area contributed by atoms with E-state index in [1.807, 2.05) is 0 Å². The number of aliphatic hydroxyl groups is 1. The van der Waals surface area contributed by atoms with Crippen LogP contribution in [0.5, 0.6) is 0 Å². The van der Waals surface area contributed by atoms with Crippen LogP contribution >= 0.6 is 0 Å². The van der Waals surface area contributed by atoms with E-state index in [0.717, 1.165) is 0 Å². The van der Waals surface area contributed by atoms with Gasteiger partial charge in [-0.3, -0.25) is 4.79 Å². The minimum atomic E-state index is -0.820. The van der Waals surface area contributed by atoms with Gasteiger partial charge in [0, 0.05) is 6.54 Å². The molecule has 6 nitrogen and oxygen atoms in total. The Bertz CT molecular complexity index is 431. The Morgan fingerprint density at radius 3 is 2.55 bits per heavy atom. The lowest BCUT2D eigenvalue weighted by molar-refractivity contribution is -0.117. The van der Waals surface area contributed by atoms with E-state index in [0.29, 0.717) is 13.0 Å². The molecule has 6 heteroatoms. The SMILES string of the molecule is CC#CC(=O)NC1CCN(C(=O)OC(C)(C)C)CC1O. The fourth-order valence-electron chi connectivity index (χ4n) is 1.91. The largest absolute Gasteiger partial charge is 0.444 e. The Labute approximate surface area is 119 Å². The summed E-state index contributed by atoms with van der Waals surface area (Å²) in [4.78, 5) is 24.7. The fraction of sp³-hybridized carbons (Fsp3) is 0.714. The summed E-state index contributed by atoms with van der Waals surface area (Å²) in [7, 11) is 0. The average Bonchev–Trinajstić information content (AvgIpc) is 2.29.